The summed E-state index contributed by atoms with van der Waals surface area (Å²) in [6.07, 6.45) is -5.06. The summed E-state index contributed by atoms with van der Waals surface area (Å²) in [4.78, 5) is 28.4. The number of aromatic nitrogens is 1. The van der Waals surface area contributed by atoms with Gasteiger partial charge in [-0.2, -0.15) is 13.2 Å². The molecule has 1 N–H and O–H groups in total. The Hall–Kier alpha value is -2.94. The molecule has 1 aromatic heterocycles. The molecule has 1 heterocycles. The zero-order chi connectivity index (χ0) is 22.8. The van der Waals surface area contributed by atoms with Gasteiger partial charge in [-0.25, -0.2) is 4.98 Å². The molecule has 5 nitrogen and oxygen atoms in total. The van der Waals surface area contributed by atoms with Crippen molar-refractivity contribution in [2.45, 2.75) is 25.9 Å². The molecule has 2 aromatic carbocycles. The molecule has 0 saturated heterocycles. The van der Waals surface area contributed by atoms with Gasteiger partial charge < -0.3 is 9.84 Å². The average molecular weight is 496 g/mol. The number of Topliss-reactive ketones (excluding diaryl/α,β-unsaturated/α-hetero) is 1. The van der Waals surface area contributed by atoms with E-state index < -0.39 is 29.2 Å². The molecule has 0 aliphatic rings. The number of carbonyl (C=O) groups excluding carboxylic acids is 2. The molecular formula is C22H17BrF3NO4. The van der Waals surface area contributed by atoms with E-state index in [1.54, 1.807) is 19.1 Å². The van der Waals surface area contributed by atoms with E-state index in [9.17, 15) is 27.9 Å². The molecule has 3 aromatic rings. The zero-order valence-corrected chi connectivity index (χ0v) is 17.9. The van der Waals surface area contributed by atoms with Crippen LogP contribution < -0.4 is 0 Å². The van der Waals surface area contributed by atoms with Crippen LogP contribution in [0.4, 0.5) is 13.2 Å². The summed E-state index contributed by atoms with van der Waals surface area (Å²) in [6, 6.07) is 9.63. The first-order valence-corrected chi connectivity index (χ1v) is 10.1. The monoisotopic (exact) mass is 495 g/mol. The van der Waals surface area contributed by atoms with Crippen LogP contribution in [-0.4, -0.2) is 28.4 Å². The second-order valence-corrected chi connectivity index (χ2v) is 7.39. The Labute approximate surface area is 184 Å². The maximum absolute atomic E-state index is 13.6. The van der Waals surface area contributed by atoms with Crippen LogP contribution in [0.1, 0.15) is 35.8 Å². The molecule has 0 aliphatic carbocycles. The summed E-state index contributed by atoms with van der Waals surface area (Å²) in [6.45, 7) is 1.80. The van der Waals surface area contributed by atoms with Crippen molar-refractivity contribution in [2.24, 2.45) is 0 Å². The number of esters is 1. The lowest BCUT2D eigenvalue weighted by molar-refractivity contribution is -0.143. The van der Waals surface area contributed by atoms with Crippen LogP contribution in [0, 0.1) is 0 Å². The number of hydrogen-bond acceptors (Lipinski definition) is 5. The Morgan fingerprint density at radius 1 is 1.06 bits per heavy atom. The normalized spacial score (nSPS) is 11.5. The number of fused-ring (bicyclic) bond motifs is 1. The highest BCUT2D eigenvalue weighted by atomic mass is 79.9. The Morgan fingerprint density at radius 2 is 1.74 bits per heavy atom. The van der Waals surface area contributed by atoms with Gasteiger partial charge in [-0.3, -0.25) is 9.59 Å². The molecular weight excluding hydrogens is 479 g/mol. The van der Waals surface area contributed by atoms with Crippen LogP contribution in [0.3, 0.4) is 0 Å². The third-order valence-corrected chi connectivity index (χ3v) is 5.38. The Morgan fingerprint density at radius 3 is 2.42 bits per heavy atom. The summed E-state index contributed by atoms with van der Waals surface area (Å²) < 4.78 is 45.6. The van der Waals surface area contributed by atoms with E-state index in [1.807, 2.05) is 0 Å². The third kappa shape index (κ3) is 4.71. The molecule has 9 heteroatoms. The standard InChI is InChI=1S/C22H17BrF3NO4/c1-2-31-17(29)11-10-16(28)20-21(30)18(23)14-8-5-7-13(19(14)27-20)12-6-3-4-9-15(12)22(24,25)26/h3-9,30H,2,10-11H2,1H3. The van der Waals surface area contributed by atoms with Gasteiger partial charge in [-0.05, 0) is 34.5 Å². The van der Waals surface area contributed by atoms with Crippen molar-refractivity contribution in [3.63, 3.8) is 0 Å². The van der Waals surface area contributed by atoms with Crippen LogP contribution >= 0.6 is 15.9 Å². The van der Waals surface area contributed by atoms with Gasteiger partial charge in [-0.15, -0.1) is 0 Å². The first-order chi connectivity index (χ1) is 14.6. The van der Waals surface area contributed by atoms with Crippen molar-refractivity contribution in [2.75, 3.05) is 6.61 Å². The number of benzene rings is 2. The van der Waals surface area contributed by atoms with Crippen molar-refractivity contribution in [3.05, 3.63) is 58.2 Å². The van der Waals surface area contributed by atoms with Gasteiger partial charge in [0.15, 0.2) is 11.5 Å². The highest BCUT2D eigenvalue weighted by Crippen LogP contribution is 2.42. The predicted molar refractivity (Wildman–Crippen MR) is 112 cm³/mol. The van der Waals surface area contributed by atoms with Crippen molar-refractivity contribution in [1.29, 1.82) is 0 Å². The van der Waals surface area contributed by atoms with Crippen molar-refractivity contribution in [3.8, 4) is 16.9 Å². The van der Waals surface area contributed by atoms with E-state index in [4.69, 9.17) is 4.74 Å². The van der Waals surface area contributed by atoms with E-state index in [-0.39, 0.29) is 46.3 Å². The van der Waals surface area contributed by atoms with Gasteiger partial charge in [0, 0.05) is 17.4 Å². The van der Waals surface area contributed by atoms with Crippen molar-refractivity contribution < 1.29 is 32.6 Å². The lowest BCUT2D eigenvalue weighted by atomic mass is 9.96. The van der Waals surface area contributed by atoms with Gasteiger partial charge in [-0.1, -0.05) is 36.4 Å². The first-order valence-electron chi connectivity index (χ1n) is 9.31. The highest BCUT2D eigenvalue weighted by Gasteiger charge is 2.34. The van der Waals surface area contributed by atoms with E-state index in [0.717, 1.165) is 6.07 Å². The molecule has 0 bridgehead atoms. The number of alkyl halides is 3. The summed E-state index contributed by atoms with van der Waals surface area (Å²) in [5.41, 5.74) is -1.01. The number of halogens is 4. The van der Waals surface area contributed by atoms with Crippen LogP contribution in [-0.2, 0) is 15.7 Å². The fourth-order valence-corrected chi connectivity index (χ4v) is 3.69. The molecule has 0 radical (unpaired) electrons. The molecule has 0 aliphatic heterocycles. The minimum atomic E-state index is -4.59. The zero-order valence-electron chi connectivity index (χ0n) is 16.3. The lowest BCUT2D eigenvalue weighted by Crippen LogP contribution is -2.10. The fraction of sp³-hybridized carbons (Fsp3) is 0.227. The van der Waals surface area contributed by atoms with Crippen LogP contribution in [0.15, 0.2) is 46.9 Å². The minimum absolute atomic E-state index is 0.101. The number of aromatic hydroxyl groups is 1. The summed E-state index contributed by atoms with van der Waals surface area (Å²) in [7, 11) is 0. The summed E-state index contributed by atoms with van der Waals surface area (Å²) >= 11 is 3.21. The SMILES string of the molecule is CCOC(=O)CCC(=O)c1nc2c(-c3ccccc3C(F)(F)F)cccc2c(Br)c1O. The number of nitrogens with zero attached hydrogens (tertiary/aromatic N) is 1. The number of carbonyl (C=O) groups is 2. The molecule has 0 amide bonds. The maximum atomic E-state index is 13.6. The number of hydrogen-bond donors (Lipinski definition) is 1. The number of pyridine rings is 1. The fourth-order valence-electron chi connectivity index (χ4n) is 3.18. The van der Waals surface area contributed by atoms with Crippen molar-refractivity contribution in [1.82, 2.24) is 4.98 Å². The molecule has 31 heavy (non-hydrogen) atoms. The predicted octanol–water partition coefficient (Wildman–Crippen LogP) is 5.91. The number of rotatable bonds is 6. The van der Waals surface area contributed by atoms with Gasteiger partial charge in [0.1, 0.15) is 5.69 Å². The Bertz CT molecular complexity index is 1160. The van der Waals surface area contributed by atoms with Gasteiger partial charge in [0.25, 0.3) is 0 Å². The largest absolute Gasteiger partial charge is 0.504 e. The van der Waals surface area contributed by atoms with Crippen LogP contribution in [0.2, 0.25) is 0 Å². The van der Waals surface area contributed by atoms with E-state index >= 15 is 0 Å². The second-order valence-electron chi connectivity index (χ2n) is 6.60. The molecule has 0 fully saturated rings. The lowest BCUT2D eigenvalue weighted by Gasteiger charge is -2.16. The van der Waals surface area contributed by atoms with E-state index in [2.05, 4.69) is 20.9 Å². The number of ether oxygens (including phenoxy) is 1. The molecule has 0 saturated carbocycles. The van der Waals surface area contributed by atoms with Gasteiger partial charge >= 0.3 is 12.1 Å². The van der Waals surface area contributed by atoms with E-state index in [0.29, 0.717) is 5.39 Å². The molecule has 0 unspecified atom stereocenters. The second kappa shape index (κ2) is 9.05. The van der Waals surface area contributed by atoms with Crippen molar-refractivity contribution >= 4 is 38.6 Å². The molecule has 0 spiro atoms. The minimum Gasteiger partial charge on any atom is -0.504 e. The van der Waals surface area contributed by atoms with Gasteiger partial charge in [0.05, 0.1) is 28.6 Å². The highest BCUT2D eigenvalue weighted by molar-refractivity contribution is 9.10. The molecule has 162 valence electrons. The molecule has 3 rings (SSSR count). The third-order valence-electron chi connectivity index (χ3n) is 4.58. The maximum Gasteiger partial charge on any atom is 0.417 e. The number of para-hydroxylation sites is 1. The summed E-state index contributed by atoms with van der Waals surface area (Å²) in [5.74, 6) is -1.65. The molecule has 0 atom stereocenters. The Balaban J connectivity index is 2.15. The van der Waals surface area contributed by atoms with E-state index in [1.165, 1.54) is 24.3 Å². The first kappa shape index (κ1) is 22.7. The Kier molecular flexibility index (Phi) is 6.64. The quantitative estimate of drug-likeness (QED) is 0.339. The smallest absolute Gasteiger partial charge is 0.417 e. The average Bonchev–Trinajstić information content (AvgIpc) is 2.73. The number of ketones is 1. The van der Waals surface area contributed by atoms with Crippen LogP contribution in [0.5, 0.6) is 5.75 Å². The van der Waals surface area contributed by atoms with Gasteiger partial charge in [0.2, 0.25) is 0 Å². The van der Waals surface area contributed by atoms with Crippen LogP contribution in [0.25, 0.3) is 22.0 Å². The summed E-state index contributed by atoms with van der Waals surface area (Å²) in [5, 5.41) is 10.8. The topological polar surface area (TPSA) is 76.5 Å².